The zero-order chi connectivity index (χ0) is 14.0. The number of rotatable bonds is 5. The maximum Gasteiger partial charge on any atom is 0.481 e. The molecule has 104 valence electrons. The van der Waals surface area contributed by atoms with Crippen molar-refractivity contribution in [2.24, 2.45) is 5.92 Å². The fourth-order valence-electron chi connectivity index (χ4n) is 1.58. The van der Waals surface area contributed by atoms with Crippen LogP contribution in [0.3, 0.4) is 0 Å². The van der Waals surface area contributed by atoms with Crippen LogP contribution in [0, 0.1) is 18.3 Å². The highest BCUT2D eigenvalue weighted by Gasteiger charge is 2.36. The minimum Gasteiger partial charge on any atom is -0.372 e. The van der Waals surface area contributed by atoms with E-state index in [9.17, 15) is 9.13 Å². The quantitative estimate of drug-likeness (QED) is 0.499. The molecule has 1 aliphatic rings. The van der Waals surface area contributed by atoms with Crippen LogP contribution < -0.4 is 0 Å². The molecule has 1 heterocycles. The third-order valence-corrected chi connectivity index (χ3v) is 4.49. The molecule has 1 aliphatic heterocycles. The van der Waals surface area contributed by atoms with Crippen LogP contribution in [0.1, 0.15) is 13.3 Å². The number of terminal acetylenes is 1. The van der Waals surface area contributed by atoms with Gasteiger partial charge in [0.2, 0.25) is 0 Å². The van der Waals surface area contributed by atoms with E-state index in [0.717, 1.165) is 0 Å². The Morgan fingerprint density at radius 2 is 2.06 bits per heavy atom. The van der Waals surface area contributed by atoms with Crippen molar-refractivity contribution in [3.05, 3.63) is 0 Å². The van der Waals surface area contributed by atoms with Crippen LogP contribution in [0.5, 0.6) is 0 Å². The Bertz CT molecular complexity index is 423. The molecule has 0 aromatic heterocycles. The van der Waals surface area contributed by atoms with Crippen molar-refractivity contribution in [3.8, 4) is 12.3 Å². The summed E-state index contributed by atoms with van der Waals surface area (Å²) < 4.78 is 34.9. The molecular formula is C8H14O8P2. The average Bonchev–Trinajstić information content (AvgIpc) is 2.53. The maximum absolute atomic E-state index is 11.1. The van der Waals surface area contributed by atoms with E-state index in [1.807, 2.05) is 0 Å². The number of hydrogen-bond donors (Lipinski definition) is 3. The molecule has 0 amide bonds. The van der Waals surface area contributed by atoms with Crippen molar-refractivity contribution in [2.45, 2.75) is 25.6 Å². The van der Waals surface area contributed by atoms with Crippen molar-refractivity contribution in [2.75, 3.05) is 6.61 Å². The number of phosphoric ester groups is 1. The normalized spacial score (nSPS) is 31.8. The zero-order valence-corrected chi connectivity index (χ0v) is 11.3. The second kappa shape index (κ2) is 5.83. The molecule has 0 radical (unpaired) electrons. The summed E-state index contributed by atoms with van der Waals surface area (Å²) in [5.74, 6) is 2.39. The zero-order valence-electron chi connectivity index (χ0n) is 9.50. The molecule has 0 aliphatic carbocycles. The van der Waals surface area contributed by atoms with Gasteiger partial charge in [0.15, 0.2) is 0 Å². The molecule has 0 aromatic carbocycles. The van der Waals surface area contributed by atoms with Gasteiger partial charge in [0.05, 0.1) is 18.8 Å². The average molecular weight is 300 g/mol. The lowest BCUT2D eigenvalue weighted by Crippen LogP contribution is -2.15. The van der Waals surface area contributed by atoms with E-state index in [1.54, 1.807) is 6.92 Å². The predicted octanol–water partition coefficient (Wildman–Crippen LogP) is 0.639. The molecule has 0 spiro atoms. The van der Waals surface area contributed by atoms with Gasteiger partial charge >= 0.3 is 15.6 Å². The van der Waals surface area contributed by atoms with E-state index >= 15 is 0 Å². The van der Waals surface area contributed by atoms with E-state index in [4.69, 9.17) is 25.8 Å². The van der Waals surface area contributed by atoms with Crippen molar-refractivity contribution in [1.82, 2.24) is 0 Å². The summed E-state index contributed by atoms with van der Waals surface area (Å²) in [7, 11) is -9.90. The largest absolute Gasteiger partial charge is 0.481 e. The second-order valence-electron chi connectivity index (χ2n) is 3.81. The number of phosphoric acid groups is 2. The molecule has 10 heteroatoms. The van der Waals surface area contributed by atoms with Gasteiger partial charge < -0.3 is 19.4 Å². The van der Waals surface area contributed by atoms with Crippen LogP contribution in [0.4, 0.5) is 0 Å². The molecule has 18 heavy (non-hydrogen) atoms. The van der Waals surface area contributed by atoms with Crippen molar-refractivity contribution in [1.29, 1.82) is 0 Å². The molecule has 8 nitrogen and oxygen atoms in total. The summed E-state index contributed by atoms with van der Waals surface area (Å²) in [6.07, 6.45) is 4.97. The van der Waals surface area contributed by atoms with E-state index in [2.05, 4.69) is 14.8 Å². The third kappa shape index (κ3) is 5.19. The Kier molecular flexibility index (Phi) is 5.13. The summed E-state index contributed by atoms with van der Waals surface area (Å²) in [6, 6.07) is 0. The first-order valence-electron chi connectivity index (χ1n) is 4.99. The SMILES string of the molecule is C#C[C@H]1C[C@@H](COP(=O)(O)OP(=O)(O)O)O[C@H]1C. The Labute approximate surface area is 104 Å². The smallest absolute Gasteiger partial charge is 0.372 e. The summed E-state index contributed by atoms with van der Waals surface area (Å²) in [6.45, 7) is 1.42. The first-order valence-corrected chi connectivity index (χ1v) is 8.01. The topological polar surface area (TPSA) is 123 Å². The van der Waals surface area contributed by atoms with Crippen LogP contribution in [0.25, 0.3) is 0 Å². The monoisotopic (exact) mass is 300 g/mol. The van der Waals surface area contributed by atoms with E-state index in [0.29, 0.717) is 6.42 Å². The van der Waals surface area contributed by atoms with Gasteiger partial charge in [-0.05, 0) is 13.3 Å². The molecule has 1 rings (SSSR count). The van der Waals surface area contributed by atoms with E-state index in [1.165, 1.54) is 0 Å². The van der Waals surface area contributed by atoms with Gasteiger partial charge in [0.1, 0.15) is 0 Å². The Balaban J connectivity index is 2.45. The third-order valence-electron chi connectivity index (χ3n) is 2.34. The van der Waals surface area contributed by atoms with Crippen LogP contribution >= 0.6 is 15.6 Å². The molecule has 0 bridgehead atoms. The van der Waals surface area contributed by atoms with E-state index in [-0.39, 0.29) is 18.6 Å². The lowest BCUT2D eigenvalue weighted by molar-refractivity contribution is 0.0155. The molecule has 1 unspecified atom stereocenters. The van der Waals surface area contributed by atoms with Crippen LogP contribution in [-0.4, -0.2) is 33.5 Å². The summed E-state index contributed by atoms with van der Waals surface area (Å²) in [5, 5.41) is 0. The molecule has 1 saturated heterocycles. The lowest BCUT2D eigenvalue weighted by atomic mass is 10.0. The molecule has 0 aromatic rings. The Morgan fingerprint density at radius 1 is 1.44 bits per heavy atom. The summed E-state index contributed by atoms with van der Waals surface area (Å²) in [5.41, 5.74) is 0. The lowest BCUT2D eigenvalue weighted by Gasteiger charge is -2.15. The van der Waals surface area contributed by atoms with Crippen LogP contribution in [0.2, 0.25) is 0 Å². The second-order valence-corrected chi connectivity index (χ2v) is 6.64. The van der Waals surface area contributed by atoms with Gasteiger partial charge in [0.25, 0.3) is 0 Å². The molecule has 1 fully saturated rings. The van der Waals surface area contributed by atoms with Gasteiger partial charge in [-0.2, -0.15) is 4.31 Å². The van der Waals surface area contributed by atoms with Crippen LogP contribution in [-0.2, 0) is 22.7 Å². The molecule has 4 atom stereocenters. The van der Waals surface area contributed by atoms with Gasteiger partial charge in [-0.3, -0.25) is 4.52 Å². The highest BCUT2D eigenvalue weighted by Crippen LogP contribution is 2.57. The summed E-state index contributed by atoms with van der Waals surface area (Å²) in [4.78, 5) is 25.8. The minimum atomic E-state index is -5.09. The fourth-order valence-corrected chi connectivity index (χ4v) is 3.19. The van der Waals surface area contributed by atoms with Crippen molar-refractivity contribution < 1.29 is 37.4 Å². The molecule has 3 N–H and O–H groups in total. The Hall–Kier alpha value is -0.220. The van der Waals surface area contributed by atoms with Crippen LogP contribution in [0.15, 0.2) is 0 Å². The predicted molar refractivity (Wildman–Crippen MR) is 60.2 cm³/mol. The standard InChI is InChI=1S/C8H14O8P2/c1-3-7-4-8(15-6(7)2)5-14-18(12,13)16-17(9,10)11/h1,6-8H,4-5H2,2H3,(H,12,13)(H2,9,10,11)/t6-,7-,8-/m0/s1. The first kappa shape index (κ1) is 15.8. The van der Waals surface area contributed by atoms with Crippen molar-refractivity contribution >= 4 is 15.6 Å². The van der Waals surface area contributed by atoms with Gasteiger partial charge in [0, 0.05) is 5.92 Å². The van der Waals surface area contributed by atoms with Crippen molar-refractivity contribution in [3.63, 3.8) is 0 Å². The Morgan fingerprint density at radius 3 is 2.50 bits per heavy atom. The first-order chi connectivity index (χ1) is 8.13. The maximum atomic E-state index is 11.1. The molecular weight excluding hydrogens is 286 g/mol. The number of hydrogen-bond acceptors (Lipinski definition) is 5. The van der Waals surface area contributed by atoms with Gasteiger partial charge in [-0.25, -0.2) is 9.13 Å². The fraction of sp³-hybridized carbons (Fsp3) is 0.750. The van der Waals surface area contributed by atoms with E-state index < -0.39 is 21.7 Å². The molecule has 0 saturated carbocycles. The highest BCUT2D eigenvalue weighted by atomic mass is 31.3. The minimum absolute atomic E-state index is 0.126. The highest BCUT2D eigenvalue weighted by molar-refractivity contribution is 7.60. The summed E-state index contributed by atoms with van der Waals surface area (Å²) >= 11 is 0. The van der Waals surface area contributed by atoms with Gasteiger partial charge in [-0.1, -0.05) is 0 Å². The van der Waals surface area contributed by atoms with Gasteiger partial charge in [-0.15, -0.1) is 12.3 Å². The number of ether oxygens (including phenoxy) is 1.